The van der Waals surface area contributed by atoms with E-state index >= 15 is 0 Å². The summed E-state index contributed by atoms with van der Waals surface area (Å²) < 4.78 is 0. The van der Waals surface area contributed by atoms with E-state index in [0.29, 0.717) is 0 Å². The Balaban J connectivity index is 2.65. The zero-order valence-corrected chi connectivity index (χ0v) is 11.3. The molecule has 1 aromatic carbocycles. The minimum atomic E-state index is -0.519. The number of rotatable bonds is 4. The molecule has 0 aliphatic heterocycles. The van der Waals surface area contributed by atoms with Crippen molar-refractivity contribution in [3.8, 4) is 0 Å². The van der Waals surface area contributed by atoms with Crippen LogP contribution in [0.3, 0.4) is 0 Å². The summed E-state index contributed by atoms with van der Waals surface area (Å²) in [5.41, 5.74) is 2.22. The number of carbonyl (C=O) groups is 2. The van der Waals surface area contributed by atoms with Gasteiger partial charge in [-0.2, -0.15) is 0 Å². The molecule has 0 fully saturated rings. The van der Waals surface area contributed by atoms with E-state index < -0.39 is 6.04 Å². The SMILES string of the molecule is CC(=O)NC(C)C(=O)NC(C)c1ccccc1C. The lowest BCUT2D eigenvalue weighted by molar-refractivity contribution is -0.128. The molecule has 18 heavy (non-hydrogen) atoms. The number of amides is 2. The van der Waals surface area contributed by atoms with E-state index in [0.717, 1.165) is 11.1 Å². The maximum Gasteiger partial charge on any atom is 0.242 e. The van der Waals surface area contributed by atoms with Crippen molar-refractivity contribution in [3.05, 3.63) is 35.4 Å². The minimum absolute atomic E-state index is 0.0742. The van der Waals surface area contributed by atoms with E-state index in [1.807, 2.05) is 38.1 Å². The van der Waals surface area contributed by atoms with Crippen LogP contribution in [0.4, 0.5) is 0 Å². The van der Waals surface area contributed by atoms with Crippen LogP contribution in [0.25, 0.3) is 0 Å². The maximum atomic E-state index is 11.8. The lowest BCUT2D eigenvalue weighted by Crippen LogP contribution is -2.44. The fourth-order valence-electron chi connectivity index (χ4n) is 1.86. The highest BCUT2D eigenvalue weighted by Crippen LogP contribution is 2.16. The summed E-state index contributed by atoms with van der Waals surface area (Å²) >= 11 is 0. The third kappa shape index (κ3) is 3.87. The van der Waals surface area contributed by atoms with E-state index in [1.54, 1.807) is 6.92 Å². The van der Waals surface area contributed by atoms with Crippen molar-refractivity contribution in [1.82, 2.24) is 10.6 Å². The average molecular weight is 248 g/mol. The van der Waals surface area contributed by atoms with Gasteiger partial charge in [-0.05, 0) is 31.9 Å². The van der Waals surface area contributed by atoms with Crippen LogP contribution < -0.4 is 10.6 Å². The van der Waals surface area contributed by atoms with Gasteiger partial charge >= 0.3 is 0 Å². The Kier molecular flexibility index (Phi) is 4.89. The van der Waals surface area contributed by atoms with Gasteiger partial charge in [-0.25, -0.2) is 0 Å². The van der Waals surface area contributed by atoms with Crippen molar-refractivity contribution in [3.63, 3.8) is 0 Å². The molecule has 2 amide bonds. The molecule has 0 aliphatic carbocycles. The first-order valence-electron chi connectivity index (χ1n) is 6.04. The zero-order chi connectivity index (χ0) is 13.7. The molecule has 0 heterocycles. The summed E-state index contributed by atoms with van der Waals surface area (Å²) in [6.07, 6.45) is 0. The van der Waals surface area contributed by atoms with Crippen molar-refractivity contribution in [2.45, 2.75) is 39.8 Å². The average Bonchev–Trinajstić information content (AvgIpc) is 2.28. The topological polar surface area (TPSA) is 58.2 Å². The zero-order valence-electron chi connectivity index (χ0n) is 11.3. The van der Waals surface area contributed by atoms with Crippen LogP contribution in [0, 0.1) is 6.92 Å². The van der Waals surface area contributed by atoms with Crippen LogP contribution in [0.15, 0.2) is 24.3 Å². The second-order valence-electron chi connectivity index (χ2n) is 4.51. The van der Waals surface area contributed by atoms with Crippen LogP contribution in [-0.2, 0) is 9.59 Å². The van der Waals surface area contributed by atoms with Crippen molar-refractivity contribution < 1.29 is 9.59 Å². The Morgan fingerprint density at radius 2 is 1.72 bits per heavy atom. The summed E-state index contributed by atoms with van der Waals surface area (Å²) in [5.74, 6) is -0.387. The van der Waals surface area contributed by atoms with Crippen LogP contribution in [-0.4, -0.2) is 17.9 Å². The standard InChI is InChI=1S/C14H20N2O2/c1-9-7-5-6-8-13(9)10(2)16-14(18)11(3)15-12(4)17/h5-8,10-11H,1-4H3,(H,15,17)(H,16,18). The molecule has 4 heteroatoms. The lowest BCUT2D eigenvalue weighted by atomic mass is 10.0. The van der Waals surface area contributed by atoms with Crippen molar-refractivity contribution in [1.29, 1.82) is 0 Å². The van der Waals surface area contributed by atoms with Gasteiger partial charge in [-0.3, -0.25) is 9.59 Å². The molecule has 98 valence electrons. The molecular formula is C14H20N2O2. The summed E-state index contributed by atoms with van der Waals surface area (Å²) in [7, 11) is 0. The number of hydrogen-bond donors (Lipinski definition) is 2. The number of nitrogens with one attached hydrogen (secondary N) is 2. The van der Waals surface area contributed by atoms with Crippen LogP contribution in [0.2, 0.25) is 0 Å². The number of carbonyl (C=O) groups excluding carboxylic acids is 2. The van der Waals surface area contributed by atoms with Gasteiger partial charge in [-0.1, -0.05) is 24.3 Å². The van der Waals surface area contributed by atoms with Crippen LogP contribution in [0.1, 0.15) is 37.9 Å². The molecule has 2 unspecified atom stereocenters. The number of aryl methyl sites for hydroxylation is 1. The highest BCUT2D eigenvalue weighted by Gasteiger charge is 2.17. The number of benzene rings is 1. The van der Waals surface area contributed by atoms with E-state index in [2.05, 4.69) is 10.6 Å². The normalized spacial score (nSPS) is 13.6. The first kappa shape index (κ1) is 14.2. The molecule has 0 bridgehead atoms. The first-order valence-corrected chi connectivity index (χ1v) is 6.04. The molecule has 1 aromatic rings. The van der Waals surface area contributed by atoms with Crippen LogP contribution >= 0.6 is 0 Å². The molecule has 0 spiro atoms. The maximum absolute atomic E-state index is 11.8. The van der Waals surface area contributed by atoms with Gasteiger partial charge in [0.2, 0.25) is 11.8 Å². The van der Waals surface area contributed by atoms with Crippen LogP contribution in [0.5, 0.6) is 0 Å². The molecule has 0 aliphatic rings. The molecule has 2 atom stereocenters. The van der Waals surface area contributed by atoms with Gasteiger partial charge in [0.1, 0.15) is 6.04 Å². The number of hydrogen-bond acceptors (Lipinski definition) is 2. The van der Waals surface area contributed by atoms with Crippen molar-refractivity contribution >= 4 is 11.8 Å². The summed E-state index contributed by atoms with van der Waals surface area (Å²) in [6.45, 7) is 7.01. The molecular weight excluding hydrogens is 228 g/mol. The monoisotopic (exact) mass is 248 g/mol. The summed E-state index contributed by atoms with van der Waals surface area (Å²) in [5, 5.41) is 5.45. The Bertz CT molecular complexity index is 443. The molecule has 1 rings (SSSR count). The van der Waals surface area contributed by atoms with Gasteiger partial charge in [0.05, 0.1) is 6.04 Å². The molecule has 0 saturated carbocycles. The highest BCUT2D eigenvalue weighted by molar-refractivity contribution is 5.86. The third-order valence-electron chi connectivity index (χ3n) is 2.83. The fourth-order valence-corrected chi connectivity index (χ4v) is 1.86. The Labute approximate surface area is 108 Å². The van der Waals surface area contributed by atoms with Gasteiger partial charge in [0.25, 0.3) is 0 Å². The molecule has 0 saturated heterocycles. The largest absolute Gasteiger partial charge is 0.348 e. The predicted octanol–water partition coefficient (Wildman–Crippen LogP) is 1.70. The predicted molar refractivity (Wildman–Crippen MR) is 71.0 cm³/mol. The van der Waals surface area contributed by atoms with Gasteiger partial charge in [-0.15, -0.1) is 0 Å². The first-order chi connectivity index (χ1) is 8.41. The van der Waals surface area contributed by atoms with E-state index in [9.17, 15) is 9.59 Å². The van der Waals surface area contributed by atoms with E-state index in [1.165, 1.54) is 6.92 Å². The molecule has 0 radical (unpaired) electrons. The molecule has 4 nitrogen and oxygen atoms in total. The highest BCUT2D eigenvalue weighted by atomic mass is 16.2. The lowest BCUT2D eigenvalue weighted by Gasteiger charge is -2.19. The second-order valence-corrected chi connectivity index (χ2v) is 4.51. The third-order valence-corrected chi connectivity index (χ3v) is 2.83. The van der Waals surface area contributed by atoms with E-state index in [4.69, 9.17) is 0 Å². The molecule has 0 aromatic heterocycles. The minimum Gasteiger partial charge on any atom is -0.348 e. The Morgan fingerprint density at radius 3 is 2.28 bits per heavy atom. The van der Waals surface area contributed by atoms with Gasteiger partial charge in [0.15, 0.2) is 0 Å². The quantitative estimate of drug-likeness (QED) is 0.852. The van der Waals surface area contributed by atoms with Crippen molar-refractivity contribution in [2.75, 3.05) is 0 Å². The summed E-state index contributed by atoms with van der Waals surface area (Å²) in [4.78, 5) is 22.7. The molecule has 2 N–H and O–H groups in total. The van der Waals surface area contributed by atoms with Crippen molar-refractivity contribution in [2.24, 2.45) is 0 Å². The Hall–Kier alpha value is -1.84. The van der Waals surface area contributed by atoms with Gasteiger partial charge in [0, 0.05) is 6.92 Å². The van der Waals surface area contributed by atoms with E-state index in [-0.39, 0.29) is 17.9 Å². The fraction of sp³-hybridized carbons (Fsp3) is 0.429. The smallest absolute Gasteiger partial charge is 0.242 e. The Morgan fingerprint density at radius 1 is 1.11 bits per heavy atom. The van der Waals surface area contributed by atoms with Gasteiger partial charge < -0.3 is 10.6 Å². The second kappa shape index (κ2) is 6.19. The summed E-state index contributed by atoms with van der Waals surface area (Å²) in [6, 6.07) is 7.32.